The predicted octanol–water partition coefficient (Wildman–Crippen LogP) is 4.75. The lowest BCUT2D eigenvalue weighted by Crippen LogP contribution is -2.25. The van der Waals surface area contributed by atoms with Crippen LogP contribution in [0, 0.1) is 0 Å². The van der Waals surface area contributed by atoms with Gasteiger partial charge >= 0.3 is 0 Å². The van der Waals surface area contributed by atoms with Crippen LogP contribution in [-0.4, -0.2) is 18.4 Å². The molecule has 0 bridgehead atoms. The number of amides is 2. The number of furan rings is 1. The second-order valence-electron chi connectivity index (χ2n) is 6.31. The SMILES string of the molecule is C=CCNC(=O)c1ccccc1NC(=O)c1cc2c(ccc3ccccc32)o1. The lowest BCUT2D eigenvalue weighted by Gasteiger charge is -2.09. The van der Waals surface area contributed by atoms with Gasteiger partial charge in [0.1, 0.15) is 5.58 Å². The number of para-hydroxylation sites is 1. The minimum absolute atomic E-state index is 0.188. The van der Waals surface area contributed by atoms with Crippen LogP contribution in [0.3, 0.4) is 0 Å². The normalized spacial score (nSPS) is 10.7. The molecule has 2 amide bonds. The summed E-state index contributed by atoms with van der Waals surface area (Å²) >= 11 is 0. The Morgan fingerprint density at radius 1 is 0.929 bits per heavy atom. The van der Waals surface area contributed by atoms with E-state index in [0.717, 1.165) is 16.2 Å². The molecular formula is C23H18N2O3. The van der Waals surface area contributed by atoms with E-state index >= 15 is 0 Å². The molecule has 0 atom stereocenters. The fourth-order valence-electron chi connectivity index (χ4n) is 3.14. The lowest BCUT2D eigenvalue weighted by molar-refractivity contribution is 0.0959. The van der Waals surface area contributed by atoms with Crippen molar-refractivity contribution >= 4 is 39.2 Å². The lowest BCUT2D eigenvalue weighted by atomic mass is 10.1. The highest BCUT2D eigenvalue weighted by Crippen LogP contribution is 2.28. The molecule has 28 heavy (non-hydrogen) atoms. The first kappa shape index (κ1) is 17.5. The minimum Gasteiger partial charge on any atom is -0.451 e. The van der Waals surface area contributed by atoms with Crippen LogP contribution in [0.25, 0.3) is 21.7 Å². The van der Waals surface area contributed by atoms with E-state index in [1.54, 1.807) is 36.4 Å². The average molecular weight is 370 g/mol. The van der Waals surface area contributed by atoms with Crippen LogP contribution in [0.5, 0.6) is 0 Å². The zero-order chi connectivity index (χ0) is 19.5. The van der Waals surface area contributed by atoms with Crippen LogP contribution in [0.1, 0.15) is 20.9 Å². The summed E-state index contributed by atoms with van der Waals surface area (Å²) in [4.78, 5) is 25.1. The molecule has 0 aliphatic heterocycles. The van der Waals surface area contributed by atoms with E-state index in [0.29, 0.717) is 23.4 Å². The number of carbonyl (C=O) groups excluding carboxylic acids is 2. The van der Waals surface area contributed by atoms with Crippen molar-refractivity contribution in [2.24, 2.45) is 0 Å². The zero-order valence-corrected chi connectivity index (χ0v) is 15.1. The molecule has 4 rings (SSSR count). The molecule has 5 heteroatoms. The van der Waals surface area contributed by atoms with Gasteiger partial charge < -0.3 is 15.1 Å². The summed E-state index contributed by atoms with van der Waals surface area (Å²) in [6.45, 7) is 3.93. The van der Waals surface area contributed by atoms with Gasteiger partial charge in [-0.1, -0.05) is 48.5 Å². The molecule has 0 aliphatic carbocycles. The molecule has 0 radical (unpaired) electrons. The van der Waals surface area contributed by atoms with Crippen molar-refractivity contribution in [2.45, 2.75) is 0 Å². The average Bonchev–Trinajstić information content (AvgIpc) is 3.17. The maximum atomic E-state index is 12.8. The third-order valence-corrected chi connectivity index (χ3v) is 4.48. The van der Waals surface area contributed by atoms with Gasteiger partial charge in [-0.05, 0) is 35.0 Å². The Morgan fingerprint density at radius 3 is 2.57 bits per heavy atom. The van der Waals surface area contributed by atoms with Crippen LogP contribution in [0.15, 0.2) is 83.8 Å². The van der Waals surface area contributed by atoms with Crippen LogP contribution in [0.2, 0.25) is 0 Å². The molecule has 0 spiro atoms. The molecule has 0 saturated carbocycles. The molecule has 0 saturated heterocycles. The highest BCUT2D eigenvalue weighted by Gasteiger charge is 2.17. The summed E-state index contributed by atoms with van der Waals surface area (Å²) in [5.74, 6) is -0.511. The Bertz CT molecular complexity index is 1210. The van der Waals surface area contributed by atoms with Gasteiger partial charge in [-0.25, -0.2) is 0 Å². The van der Waals surface area contributed by atoms with E-state index in [4.69, 9.17) is 4.42 Å². The van der Waals surface area contributed by atoms with E-state index in [-0.39, 0.29) is 11.7 Å². The number of nitrogens with one attached hydrogen (secondary N) is 2. The van der Waals surface area contributed by atoms with Gasteiger partial charge in [0.05, 0.1) is 11.3 Å². The Labute approximate surface area is 161 Å². The Balaban J connectivity index is 1.65. The summed E-state index contributed by atoms with van der Waals surface area (Å²) in [5, 5.41) is 8.46. The first-order valence-electron chi connectivity index (χ1n) is 8.88. The molecule has 3 aromatic carbocycles. The second kappa shape index (κ2) is 7.40. The first-order chi connectivity index (χ1) is 13.7. The van der Waals surface area contributed by atoms with Crippen LogP contribution in [-0.2, 0) is 0 Å². The zero-order valence-electron chi connectivity index (χ0n) is 15.1. The maximum Gasteiger partial charge on any atom is 0.291 e. The van der Waals surface area contributed by atoms with E-state index < -0.39 is 5.91 Å². The van der Waals surface area contributed by atoms with Gasteiger partial charge in [-0.15, -0.1) is 6.58 Å². The number of carbonyl (C=O) groups is 2. The summed E-state index contributed by atoms with van der Waals surface area (Å²) in [6.07, 6.45) is 1.60. The third-order valence-electron chi connectivity index (χ3n) is 4.48. The number of fused-ring (bicyclic) bond motifs is 3. The van der Waals surface area contributed by atoms with Crippen molar-refractivity contribution in [3.8, 4) is 0 Å². The summed E-state index contributed by atoms with van der Waals surface area (Å²) in [5.41, 5.74) is 1.43. The minimum atomic E-state index is -0.413. The molecule has 1 heterocycles. The van der Waals surface area contributed by atoms with Crippen molar-refractivity contribution in [3.63, 3.8) is 0 Å². The van der Waals surface area contributed by atoms with Crippen molar-refractivity contribution in [1.29, 1.82) is 0 Å². The number of benzene rings is 3. The summed E-state index contributed by atoms with van der Waals surface area (Å²) in [6, 6.07) is 20.3. The highest BCUT2D eigenvalue weighted by molar-refractivity contribution is 6.12. The Hall–Kier alpha value is -3.86. The fraction of sp³-hybridized carbons (Fsp3) is 0.0435. The molecule has 2 N–H and O–H groups in total. The predicted molar refractivity (Wildman–Crippen MR) is 111 cm³/mol. The number of rotatable bonds is 5. The second-order valence-corrected chi connectivity index (χ2v) is 6.31. The van der Waals surface area contributed by atoms with Gasteiger partial charge in [0.25, 0.3) is 11.8 Å². The summed E-state index contributed by atoms with van der Waals surface area (Å²) < 4.78 is 5.75. The Morgan fingerprint density at radius 2 is 1.71 bits per heavy atom. The van der Waals surface area contributed by atoms with Gasteiger partial charge in [0, 0.05) is 11.9 Å². The number of hydrogen-bond donors (Lipinski definition) is 2. The third kappa shape index (κ3) is 3.25. The fourth-order valence-corrected chi connectivity index (χ4v) is 3.14. The molecule has 138 valence electrons. The van der Waals surface area contributed by atoms with E-state index in [2.05, 4.69) is 17.2 Å². The van der Waals surface area contributed by atoms with Crippen molar-refractivity contribution in [3.05, 3.63) is 90.7 Å². The molecule has 1 aromatic heterocycles. The van der Waals surface area contributed by atoms with Crippen molar-refractivity contribution < 1.29 is 14.0 Å². The molecule has 4 aromatic rings. The standard InChI is InChI=1S/C23H18N2O3/c1-2-13-24-22(26)17-9-5-6-10-19(17)25-23(27)21-14-18-16-8-4-3-7-15(16)11-12-20(18)28-21/h2-12,14H,1,13H2,(H,24,26)(H,25,27). The molecule has 5 nitrogen and oxygen atoms in total. The van der Waals surface area contributed by atoms with Gasteiger partial charge in [0.15, 0.2) is 5.76 Å². The topological polar surface area (TPSA) is 71.3 Å². The molecular weight excluding hydrogens is 352 g/mol. The smallest absolute Gasteiger partial charge is 0.291 e. The molecule has 0 unspecified atom stereocenters. The summed E-state index contributed by atoms with van der Waals surface area (Å²) in [7, 11) is 0. The van der Waals surface area contributed by atoms with Crippen LogP contribution in [0.4, 0.5) is 5.69 Å². The highest BCUT2D eigenvalue weighted by atomic mass is 16.3. The van der Waals surface area contributed by atoms with Gasteiger partial charge in [-0.2, -0.15) is 0 Å². The van der Waals surface area contributed by atoms with E-state index in [1.807, 2.05) is 36.4 Å². The van der Waals surface area contributed by atoms with Crippen LogP contribution < -0.4 is 10.6 Å². The monoisotopic (exact) mass is 370 g/mol. The van der Waals surface area contributed by atoms with Crippen molar-refractivity contribution in [2.75, 3.05) is 11.9 Å². The van der Waals surface area contributed by atoms with E-state index in [9.17, 15) is 9.59 Å². The Kier molecular flexibility index (Phi) is 4.64. The molecule has 0 aliphatic rings. The number of hydrogen-bond acceptors (Lipinski definition) is 3. The van der Waals surface area contributed by atoms with E-state index in [1.165, 1.54) is 0 Å². The first-order valence-corrected chi connectivity index (χ1v) is 8.88. The van der Waals surface area contributed by atoms with Gasteiger partial charge in [0.2, 0.25) is 0 Å². The van der Waals surface area contributed by atoms with Crippen molar-refractivity contribution in [1.82, 2.24) is 5.32 Å². The van der Waals surface area contributed by atoms with Crippen LogP contribution >= 0.6 is 0 Å². The largest absolute Gasteiger partial charge is 0.451 e. The maximum absolute atomic E-state index is 12.8. The molecule has 0 fully saturated rings. The van der Waals surface area contributed by atoms with Gasteiger partial charge in [-0.3, -0.25) is 9.59 Å². The quantitative estimate of drug-likeness (QED) is 0.498. The number of anilines is 1.